The number of amides is 2. The zero-order valence-electron chi connectivity index (χ0n) is 18.4. The second-order valence-corrected chi connectivity index (χ2v) is 8.04. The van der Waals surface area contributed by atoms with Crippen LogP contribution in [0.3, 0.4) is 0 Å². The number of carbonyl (C=O) groups is 3. The molecule has 1 heterocycles. The van der Waals surface area contributed by atoms with Crippen molar-refractivity contribution in [2.75, 3.05) is 23.0 Å². The van der Waals surface area contributed by atoms with E-state index >= 15 is 0 Å². The number of ether oxygens (including phenoxy) is 1. The number of para-hydroxylation sites is 1. The third-order valence-electron chi connectivity index (χ3n) is 4.45. The molecule has 3 aromatic rings. The number of benzene rings is 2. The molecular formula is C23H25N5O4S. The fourth-order valence-corrected chi connectivity index (χ4v) is 3.55. The van der Waals surface area contributed by atoms with Crippen LogP contribution in [0.4, 0.5) is 11.4 Å². The van der Waals surface area contributed by atoms with Gasteiger partial charge in [-0.1, -0.05) is 43.0 Å². The first-order valence-electron chi connectivity index (χ1n) is 10.4. The van der Waals surface area contributed by atoms with Crippen LogP contribution in [0.1, 0.15) is 29.5 Å². The van der Waals surface area contributed by atoms with Crippen LogP contribution < -0.4 is 10.6 Å². The van der Waals surface area contributed by atoms with Gasteiger partial charge in [-0.2, -0.15) is 0 Å². The minimum atomic E-state index is -0.426. The van der Waals surface area contributed by atoms with E-state index in [1.807, 2.05) is 25.1 Å². The lowest BCUT2D eigenvalue weighted by Gasteiger charge is -2.08. The van der Waals surface area contributed by atoms with E-state index < -0.39 is 5.97 Å². The van der Waals surface area contributed by atoms with Crippen molar-refractivity contribution in [2.45, 2.75) is 24.9 Å². The maximum Gasteiger partial charge on any atom is 0.338 e. The standard InChI is InChI=1S/C23H25N5O4S/c1-3-12-32-22(31)16-8-7-11-18(13-16)25-21(30)15-33-23-27-26-19(28(23)2)14-20(29)24-17-9-5-4-6-10-17/h4-11,13H,3,12,14-15H2,1-2H3,(H,24,29)(H,25,30). The Morgan fingerprint density at radius 2 is 1.70 bits per heavy atom. The summed E-state index contributed by atoms with van der Waals surface area (Å²) in [6.07, 6.45) is 0.799. The quantitative estimate of drug-likeness (QED) is 0.347. The molecule has 3 rings (SSSR count). The Morgan fingerprint density at radius 3 is 2.45 bits per heavy atom. The molecule has 33 heavy (non-hydrogen) atoms. The van der Waals surface area contributed by atoms with Gasteiger partial charge in [-0.25, -0.2) is 4.79 Å². The predicted molar refractivity (Wildman–Crippen MR) is 126 cm³/mol. The molecule has 0 radical (unpaired) electrons. The van der Waals surface area contributed by atoms with Crippen LogP contribution in [-0.4, -0.2) is 44.9 Å². The highest BCUT2D eigenvalue weighted by Crippen LogP contribution is 2.18. The van der Waals surface area contributed by atoms with Gasteiger partial charge in [0.25, 0.3) is 0 Å². The average molecular weight is 468 g/mol. The number of hydrogen-bond acceptors (Lipinski definition) is 7. The number of rotatable bonds is 10. The number of nitrogens with zero attached hydrogens (tertiary/aromatic N) is 3. The molecule has 2 N–H and O–H groups in total. The van der Waals surface area contributed by atoms with Crippen molar-refractivity contribution >= 4 is 40.9 Å². The summed E-state index contributed by atoms with van der Waals surface area (Å²) in [7, 11) is 1.75. The van der Waals surface area contributed by atoms with Gasteiger partial charge < -0.3 is 19.9 Å². The molecule has 0 aliphatic heterocycles. The van der Waals surface area contributed by atoms with Crippen molar-refractivity contribution in [2.24, 2.45) is 7.05 Å². The Balaban J connectivity index is 1.51. The molecule has 0 atom stereocenters. The molecule has 2 amide bonds. The Morgan fingerprint density at radius 1 is 0.970 bits per heavy atom. The summed E-state index contributed by atoms with van der Waals surface area (Å²) in [4.78, 5) is 36.6. The average Bonchev–Trinajstić information content (AvgIpc) is 3.15. The number of nitrogens with one attached hydrogen (secondary N) is 2. The third-order valence-corrected chi connectivity index (χ3v) is 5.47. The van der Waals surface area contributed by atoms with Gasteiger partial charge in [0.15, 0.2) is 5.16 Å². The Bertz CT molecular complexity index is 1120. The summed E-state index contributed by atoms with van der Waals surface area (Å²) in [5.74, 6) is -0.309. The highest BCUT2D eigenvalue weighted by atomic mass is 32.2. The largest absolute Gasteiger partial charge is 0.462 e. The number of anilines is 2. The zero-order valence-corrected chi connectivity index (χ0v) is 19.2. The van der Waals surface area contributed by atoms with Gasteiger partial charge in [-0.3, -0.25) is 9.59 Å². The molecule has 10 heteroatoms. The topological polar surface area (TPSA) is 115 Å². The van der Waals surface area contributed by atoms with Crippen LogP contribution >= 0.6 is 11.8 Å². The maximum atomic E-state index is 12.4. The molecule has 0 aliphatic rings. The van der Waals surface area contributed by atoms with Gasteiger partial charge in [0.1, 0.15) is 5.82 Å². The molecule has 1 aromatic heterocycles. The molecule has 0 bridgehead atoms. The summed E-state index contributed by atoms with van der Waals surface area (Å²) in [5, 5.41) is 14.2. The van der Waals surface area contributed by atoms with E-state index in [-0.39, 0.29) is 24.0 Å². The van der Waals surface area contributed by atoms with Crippen LogP contribution in [-0.2, 0) is 27.8 Å². The van der Waals surface area contributed by atoms with Gasteiger partial charge in [0, 0.05) is 18.4 Å². The first kappa shape index (κ1) is 24.0. The van der Waals surface area contributed by atoms with Crippen molar-refractivity contribution in [3.8, 4) is 0 Å². The van der Waals surface area contributed by atoms with Crippen LogP contribution in [0.5, 0.6) is 0 Å². The van der Waals surface area contributed by atoms with Crippen LogP contribution in [0.25, 0.3) is 0 Å². The van der Waals surface area contributed by atoms with E-state index in [0.717, 1.165) is 6.42 Å². The smallest absolute Gasteiger partial charge is 0.338 e. The van der Waals surface area contributed by atoms with Crippen LogP contribution in [0.15, 0.2) is 59.8 Å². The molecule has 0 spiro atoms. The van der Waals surface area contributed by atoms with Gasteiger partial charge in [-0.05, 0) is 36.8 Å². The highest BCUT2D eigenvalue weighted by Gasteiger charge is 2.15. The lowest BCUT2D eigenvalue weighted by Crippen LogP contribution is -2.17. The van der Waals surface area contributed by atoms with Crippen molar-refractivity contribution in [3.63, 3.8) is 0 Å². The first-order chi connectivity index (χ1) is 16.0. The number of thioether (sulfide) groups is 1. The van der Waals surface area contributed by atoms with Gasteiger partial charge in [0.2, 0.25) is 11.8 Å². The van der Waals surface area contributed by atoms with Crippen LogP contribution in [0.2, 0.25) is 0 Å². The molecule has 0 saturated heterocycles. The molecule has 0 saturated carbocycles. The van der Waals surface area contributed by atoms with E-state index in [2.05, 4.69) is 20.8 Å². The summed E-state index contributed by atoms with van der Waals surface area (Å²) in [6, 6.07) is 15.8. The Kier molecular flexibility index (Phi) is 8.59. The molecular weight excluding hydrogens is 442 g/mol. The minimum absolute atomic E-state index is 0.0616. The Labute approximate surface area is 195 Å². The lowest BCUT2D eigenvalue weighted by atomic mass is 10.2. The summed E-state index contributed by atoms with van der Waals surface area (Å²) >= 11 is 1.20. The summed E-state index contributed by atoms with van der Waals surface area (Å²) in [6.45, 7) is 2.26. The van der Waals surface area contributed by atoms with Crippen LogP contribution in [0, 0.1) is 0 Å². The zero-order chi connectivity index (χ0) is 23.6. The number of aromatic nitrogens is 3. The van der Waals surface area contributed by atoms with E-state index in [9.17, 15) is 14.4 Å². The number of esters is 1. The maximum absolute atomic E-state index is 12.4. The fraction of sp³-hybridized carbons (Fsp3) is 0.261. The number of hydrogen-bond donors (Lipinski definition) is 2. The van der Waals surface area contributed by atoms with Crippen molar-refractivity contribution in [3.05, 3.63) is 66.0 Å². The van der Waals surface area contributed by atoms with E-state index in [1.54, 1.807) is 48.0 Å². The second kappa shape index (κ2) is 11.8. The van der Waals surface area contributed by atoms with Crippen molar-refractivity contribution in [1.29, 1.82) is 0 Å². The molecule has 172 valence electrons. The first-order valence-corrected chi connectivity index (χ1v) is 11.4. The fourth-order valence-electron chi connectivity index (χ4n) is 2.82. The molecule has 0 aliphatic carbocycles. The minimum Gasteiger partial charge on any atom is -0.462 e. The predicted octanol–water partition coefficient (Wildman–Crippen LogP) is 3.29. The normalized spacial score (nSPS) is 10.5. The second-order valence-electron chi connectivity index (χ2n) is 7.10. The Hall–Kier alpha value is -3.66. The summed E-state index contributed by atoms with van der Waals surface area (Å²) < 4.78 is 6.80. The molecule has 0 unspecified atom stereocenters. The van der Waals surface area contributed by atoms with Gasteiger partial charge in [-0.15, -0.1) is 10.2 Å². The van der Waals surface area contributed by atoms with E-state index in [4.69, 9.17) is 4.74 Å². The van der Waals surface area contributed by atoms with Gasteiger partial charge >= 0.3 is 5.97 Å². The lowest BCUT2D eigenvalue weighted by molar-refractivity contribution is -0.116. The van der Waals surface area contributed by atoms with E-state index in [1.165, 1.54) is 11.8 Å². The SMILES string of the molecule is CCCOC(=O)c1cccc(NC(=O)CSc2nnc(CC(=O)Nc3ccccc3)n2C)c1. The van der Waals surface area contributed by atoms with E-state index in [0.29, 0.717) is 34.5 Å². The van der Waals surface area contributed by atoms with Gasteiger partial charge in [0.05, 0.1) is 24.3 Å². The molecule has 0 fully saturated rings. The highest BCUT2D eigenvalue weighted by molar-refractivity contribution is 7.99. The molecule has 9 nitrogen and oxygen atoms in total. The summed E-state index contributed by atoms with van der Waals surface area (Å²) in [5.41, 5.74) is 1.59. The van der Waals surface area contributed by atoms with Crippen molar-refractivity contribution < 1.29 is 19.1 Å². The monoisotopic (exact) mass is 467 g/mol. The van der Waals surface area contributed by atoms with Crippen molar-refractivity contribution in [1.82, 2.24) is 14.8 Å². The number of carbonyl (C=O) groups excluding carboxylic acids is 3. The molecule has 2 aromatic carbocycles. The third kappa shape index (κ3) is 7.18.